The van der Waals surface area contributed by atoms with Crippen molar-refractivity contribution >= 4 is 31.9 Å². The van der Waals surface area contributed by atoms with Crippen LogP contribution in [0.3, 0.4) is 0 Å². The van der Waals surface area contributed by atoms with Gasteiger partial charge in [-0.05, 0) is 13.3 Å². The van der Waals surface area contributed by atoms with Crippen LogP contribution in [0.15, 0.2) is 12.2 Å². The maximum atomic E-state index is 3.56. The van der Waals surface area contributed by atoms with Crippen LogP contribution in [0.25, 0.3) is 0 Å². The fourth-order valence-corrected chi connectivity index (χ4v) is 1.46. The molecule has 0 spiro atoms. The van der Waals surface area contributed by atoms with E-state index in [1.165, 1.54) is 12.8 Å². The molecule has 2 atom stereocenters. The molecule has 0 saturated carbocycles. The SMILES string of the molecule is CCCC(Br)/C=C/C(C)Br. The number of halogens is 2. The van der Waals surface area contributed by atoms with E-state index >= 15 is 0 Å². The van der Waals surface area contributed by atoms with E-state index in [1.54, 1.807) is 0 Å². The molecule has 2 unspecified atom stereocenters. The second-order valence-electron chi connectivity index (χ2n) is 2.37. The Morgan fingerprint density at radius 1 is 1.30 bits per heavy atom. The second-order valence-corrected chi connectivity index (χ2v) is 4.99. The lowest BCUT2D eigenvalue weighted by Crippen LogP contribution is -1.92. The minimum Gasteiger partial charge on any atom is -0.0848 e. The molecule has 0 saturated heterocycles. The van der Waals surface area contributed by atoms with Crippen LogP contribution in [0.1, 0.15) is 26.7 Å². The van der Waals surface area contributed by atoms with Crippen molar-refractivity contribution in [1.82, 2.24) is 0 Å². The number of rotatable bonds is 4. The Kier molecular flexibility index (Phi) is 6.86. The number of hydrogen-bond acceptors (Lipinski definition) is 0. The van der Waals surface area contributed by atoms with Crippen LogP contribution in [0, 0.1) is 0 Å². The van der Waals surface area contributed by atoms with E-state index in [2.05, 4.69) is 57.9 Å². The predicted octanol–water partition coefficient (Wildman–Crippen LogP) is 3.89. The molecule has 0 N–H and O–H groups in total. The Balaban J connectivity index is 3.45. The van der Waals surface area contributed by atoms with Gasteiger partial charge in [0, 0.05) is 9.65 Å². The molecule has 60 valence electrons. The van der Waals surface area contributed by atoms with Crippen LogP contribution in [-0.4, -0.2) is 9.65 Å². The molecule has 0 heterocycles. The molecule has 0 radical (unpaired) electrons. The number of hydrogen-bond donors (Lipinski definition) is 0. The third kappa shape index (κ3) is 6.81. The topological polar surface area (TPSA) is 0 Å². The average molecular weight is 270 g/mol. The van der Waals surface area contributed by atoms with Crippen LogP contribution in [-0.2, 0) is 0 Å². The van der Waals surface area contributed by atoms with Gasteiger partial charge in [-0.3, -0.25) is 0 Å². The summed E-state index contributed by atoms with van der Waals surface area (Å²) in [5, 5.41) is 0. The summed E-state index contributed by atoms with van der Waals surface area (Å²) in [7, 11) is 0. The summed E-state index contributed by atoms with van der Waals surface area (Å²) in [6.45, 7) is 4.31. The van der Waals surface area contributed by atoms with Gasteiger partial charge in [0.05, 0.1) is 0 Å². The third-order valence-corrected chi connectivity index (χ3v) is 2.22. The van der Waals surface area contributed by atoms with E-state index in [1.807, 2.05) is 0 Å². The highest BCUT2D eigenvalue weighted by atomic mass is 79.9. The minimum atomic E-state index is 0.490. The van der Waals surface area contributed by atoms with Gasteiger partial charge in [-0.15, -0.1) is 0 Å². The molecular formula is C8H14Br2. The van der Waals surface area contributed by atoms with Crippen molar-refractivity contribution in [1.29, 1.82) is 0 Å². The monoisotopic (exact) mass is 268 g/mol. The van der Waals surface area contributed by atoms with Gasteiger partial charge in [-0.1, -0.05) is 57.4 Å². The maximum absolute atomic E-state index is 3.56. The molecule has 0 bridgehead atoms. The van der Waals surface area contributed by atoms with Gasteiger partial charge < -0.3 is 0 Å². The lowest BCUT2D eigenvalue weighted by molar-refractivity contribution is 0.834. The lowest BCUT2D eigenvalue weighted by Gasteiger charge is -2.00. The van der Waals surface area contributed by atoms with Gasteiger partial charge in [0.2, 0.25) is 0 Å². The molecule has 0 aromatic heterocycles. The normalized spacial score (nSPS) is 17.6. The molecule has 0 amide bonds. The minimum absolute atomic E-state index is 0.490. The van der Waals surface area contributed by atoms with Crippen molar-refractivity contribution in [2.75, 3.05) is 0 Å². The van der Waals surface area contributed by atoms with E-state index in [4.69, 9.17) is 0 Å². The van der Waals surface area contributed by atoms with Crippen molar-refractivity contribution in [3.05, 3.63) is 12.2 Å². The van der Waals surface area contributed by atoms with Gasteiger partial charge in [-0.2, -0.15) is 0 Å². The van der Waals surface area contributed by atoms with E-state index in [0.29, 0.717) is 9.65 Å². The summed E-state index contributed by atoms with van der Waals surface area (Å²) >= 11 is 7.01. The quantitative estimate of drug-likeness (QED) is 0.537. The molecule has 0 aliphatic carbocycles. The summed E-state index contributed by atoms with van der Waals surface area (Å²) in [5.41, 5.74) is 0. The number of allylic oxidation sites excluding steroid dienone is 2. The number of alkyl halides is 2. The van der Waals surface area contributed by atoms with E-state index < -0.39 is 0 Å². The smallest absolute Gasteiger partial charge is 0.0325 e. The highest BCUT2D eigenvalue weighted by Gasteiger charge is 1.95. The van der Waals surface area contributed by atoms with Crippen molar-refractivity contribution in [2.45, 2.75) is 36.3 Å². The molecule has 10 heavy (non-hydrogen) atoms. The molecule has 0 aliphatic rings. The van der Waals surface area contributed by atoms with Crippen molar-refractivity contribution < 1.29 is 0 Å². The first-order valence-electron chi connectivity index (χ1n) is 3.63. The predicted molar refractivity (Wildman–Crippen MR) is 55.2 cm³/mol. The highest BCUT2D eigenvalue weighted by Crippen LogP contribution is 2.10. The molecule has 0 fully saturated rings. The molecule has 0 aromatic carbocycles. The Bertz CT molecular complexity index is 97.4. The summed E-state index contributed by atoms with van der Waals surface area (Å²) in [6.07, 6.45) is 6.81. The highest BCUT2D eigenvalue weighted by molar-refractivity contribution is 9.10. The first-order valence-corrected chi connectivity index (χ1v) is 5.46. The summed E-state index contributed by atoms with van der Waals surface area (Å²) in [6, 6.07) is 0. The molecular weight excluding hydrogens is 256 g/mol. The molecule has 0 rings (SSSR count). The van der Waals surface area contributed by atoms with Crippen LogP contribution >= 0.6 is 31.9 Å². The fourth-order valence-electron chi connectivity index (χ4n) is 0.646. The zero-order valence-electron chi connectivity index (χ0n) is 6.48. The van der Waals surface area contributed by atoms with Gasteiger partial charge in [0.25, 0.3) is 0 Å². The molecule has 2 heteroatoms. The third-order valence-electron chi connectivity index (χ3n) is 1.15. The van der Waals surface area contributed by atoms with Gasteiger partial charge >= 0.3 is 0 Å². The van der Waals surface area contributed by atoms with Crippen molar-refractivity contribution in [2.24, 2.45) is 0 Å². The van der Waals surface area contributed by atoms with E-state index in [-0.39, 0.29) is 0 Å². The zero-order chi connectivity index (χ0) is 7.98. The Labute approximate surface area is 80.3 Å². The Morgan fingerprint density at radius 2 is 1.90 bits per heavy atom. The molecule has 0 aliphatic heterocycles. The average Bonchev–Trinajstić information content (AvgIpc) is 1.85. The van der Waals surface area contributed by atoms with Crippen LogP contribution in [0.4, 0.5) is 0 Å². The Morgan fingerprint density at radius 3 is 2.30 bits per heavy atom. The Hall–Kier alpha value is 0.700. The van der Waals surface area contributed by atoms with Crippen LogP contribution in [0.2, 0.25) is 0 Å². The van der Waals surface area contributed by atoms with Crippen LogP contribution in [0.5, 0.6) is 0 Å². The standard InChI is InChI=1S/C8H14Br2/c1-3-4-8(10)6-5-7(2)9/h5-8H,3-4H2,1-2H3/b6-5+. The van der Waals surface area contributed by atoms with E-state index in [0.717, 1.165) is 0 Å². The van der Waals surface area contributed by atoms with Crippen molar-refractivity contribution in [3.8, 4) is 0 Å². The first kappa shape index (κ1) is 10.7. The second kappa shape index (κ2) is 6.41. The fraction of sp³-hybridized carbons (Fsp3) is 0.750. The first-order chi connectivity index (χ1) is 4.66. The van der Waals surface area contributed by atoms with Gasteiger partial charge in [-0.25, -0.2) is 0 Å². The summed E-state index contributed by atoms with van der Waals surface area (Å²) in [4.78, 5) is 1.04. The zero-order valence-corrected chi connectivity index (χ0v) is 9.65. The van der Waals surface area contributed by atoms with Crippen LogP contribution < -0.4 is 0 Å². The molecule has 0 aromatic rings. The van der Waals surface area contributed by atoms with E-state index in [9.17, 15) is 0 Å². The lowest BCUT2D eigenvalue weighted by atomic mass is 10.2. The maximum Gasteiger partial charge on any atom is 0.0325 e. The van der Waals surface area contributed by atoms with Gasteiger partial charge in [0.1, 0.15) is 0 Å². The summed E-state index contributed by atoms with van der Waals surface area (Å²) in [5.74, 6) is 0. The summed E-state index contributed by atoms with van der Waals surface area (Å²) < 4.78 is 0. The van der Waals surface area contributed by atoms with Gasteiger partial charge in [0.15, 0.2) is 0 Å². The molecule has 0 nitrogen and oxygen atoms in total. The van der Waals surface area contributed by atoms with Crippen molar-refractivity contribution in [3.63, 3.8) is 0 Å². The largest absolute Gasteiger partial charge is 0.0848 e.